The van der Waals surface area contributed by atoms with Gasteiger partial charge in [0.25, 0.3) is 0 Å². The van der Waals surface area contributed by atoms with Gasteiger partial charge in [0.15, 0.2) is 0 Å². The lowest BCUT2D eigenvalue weighted by atomic mass is 10.4. The maximum Gasteiger partial charge on any atom is 0.329 e. The largest absolute Gasteiger partial charge is 0.480 e. The van der Waals surface area contributed by atoms with E-state index in [0.29, 0.717) is 6.54 Å². The third-order valence-corrected chi connectivity index (χ3v) is 1.80. The second kappa shape index (κ2) is 7.63. The number of aliphatic carboxylic acids is 1. The van der Waals surface area contributed by atoms with Gasteiger partial charge in [0.2, 0.25) is 11.8 Å². The van der Waals surface area contributed by atoms with E-state index >= 15 is 0 Å². The molecule has 0 unspecified atom stereocenters. The second-order valence-corrected chi connectivity index (χ2v) is 2.97. The van der Waals surface area contributed by atoms with Gasteiger partial charge in [-0.2, -0.15) is 0 Å². The molecule has 2 N–H and O–H groups in total. The number of carboxylic acid groups (broad SMARTS) is 1. The molecule has 0 aliphatic heterocycles. The molecule has 92 valence electrons. The Kier molecular flexibility index (Phi) is 6.86. The molecule has 0 aliphatic carbocycles. The third kappa shape index (κ3) is 5.97. The first-order chi connectivity index (χ1) is 7.51. The van der Waals surface area contributed by atoms with Crippen LogP contribution in [0.15, 0.2) is 0 Å². The number of nitrogens with one attached hydrogen (secondary N) is 1. The molecule has 0 aliphatic rings. The van der Waals surface area contributed by atoms with Gasteiger partial charge in [-0.05, 0) is 6.92 Å². The molecule has 0 saturated heterocycles. The zero-order valence-electron chi connectivity index (χ0n) is 9.36. The van der Waals surface area contributed by atoms with Crippen molar-refractivity contribution in [2.45, 2.75) is 6.92 Å². The first kappa shape index (κ1) is 14.4. The topological polar surface area (TPSA) is 95.9 Å². The molecule has 0 spiro atoms. The fourth-order valence-electron chi connectivity index (χ4n) is 0.946. The van der Waals surface area contributed by atoms with Gasteiger partial charge < -0.3 is 20.1 Å². The predicted molar refractivity (Wildman–Crippen MR) is 54.8 cm³/mol. The Balaban J connectivity index is 4.00. The highest BCUT2D eigenvalue weighted by molar-refractivity contribution is 5.85. The summed E-state index contributed by atoms with van der Waals surface area (Å²) in [6, 6.07) is 0. The summed E-state index contributed by atoms with van der Waals surface area (Å²) >= 11 is 0. The molecule has 0 aromatic heterocycles. The average Bonchev–Trinajstić information content (AvgIpc) is 2.24. The van der Waals surface area contributed by atoms with E-state index in [-0.39, 0.29) is 19.1 Å². The zero-order valence-corrected chi connectivity index (χ0v) is 9.36. The first-order valence-corrected chi connectivity index (χ1v) is 4.79. The van der Waals surface area contributed by atoms with E-state index in [9.17, 15) is 14.4 Å². The van der Waals surface area contributed by atoms with Crippen LogP contribution in [0.3, 0.4) is 0 Å². The van der Waals surface area contributed by atoms with Crippen LogP contribution in [0, 0.1) is 0 Å². The van der Waals surface area contributed by atoms with Gasteiger partial charge in [-0.25, -0.2) is 4.79 Å². The lowest BCUT2D eigenvalue weighted by Gasteiger charge is -2.19. The van der Waals surface area contributed by atoms with E-state index in [0.717, 1.165) is 0 Å². The SMILES string of the molecule is CCN(CC(=O)NC)C(=O)COCC(=O)O. The van der Waals surface area contributed by atoms with Crippen LogP contribution in [0.4, 0.5) is 0 Å². The number of hydrogen-bond donors (Lipinski definition) is 2. The molecule has 0 saturated carbocycles. The van der Waals surface area contributed by atoms with E-state index in [4.69, 9.17) is 5.11 Å². The van der Waals surface area contributed by atoms with Crippen LogP contribution in [0.2, 0.25) is 0 Å². The smallest absolute Gasteiger partial charge is 0.329 e. The van der Waals surface area contributed by atoms with Crippen molar-refractivity contribution in [2.24, 2.45) is 0 Å². The molecule has 0 aromatic rings. The first-order valence-electron chi connectivity index (χ1n) is 4.79. The van der Waals surface area contributed by atoms with Crippen LogP contribution >= 0.6 is 0 Å². The van der Waals surface area contributed by atoms with Gasteiger partial charge in [-0.1, -0.05) is 0 Å². The Morgan fingerprint density at radius 3 is 2.38 bits per heavy atom. The van der Waals surface area contributed by atoms with E-state index in [1.165, 1.54) is 11.9 Å². The summed E-state index contributed by atoms with van der Waals surface area (Å²) in [5.74, 6) is -1.83. The molecule has 7 nitrogen and oxygen atoms in total. The number of likely N-dealkylation sites (N-methyl/N-ethyl adjacent to an activating group) is 2. The Morgan fingerprint density at radius 1 is 1.31 bits per heavy atom. The standard InChI is InChI=1S/C9H16N2O5/c1-3-11(4-7(12)10-2)8(13)5-16-6-9(14)15/h3-6H2,1-2H3,(H,10,12)(H,14,15). The Morgan fingerprint density at radius 2 is 1.94 bits per heavy atom. The zero-order chi connectivity index (χ0) is 12.6. The van der Waals surface area contributed by atoms with Crippen molar-refractivity contribution in [1.29, 1.82) is 0 Å². The fraction of sp³-hybridized carbons (Fsp3) is 0.667. The molecule has 7 heteroatoms. The average molecular weight is 232 g/mol. The normalized spacial score (nSPS) is 9.62. The predicted octanol–water partition coefficient (Wildman–Crippen LogP) is -1.32. The summed E-state index contributed by atoms with van der Waals surface area (Å²) in [4.78, 5) is 33.9. The highest BCUT2D eigenvalue weighted by Gasteiger charge is 2.15. The number of carboxylic acids is 1. The Bertz CT molecular complexity index is 267. The lowest BCUT2D eigenvalue weighted by molar-refractivity contribution is -0.146. The van der Waals surface area contributed by atoms with Gasteiger partial charge in [0.1, 0.15) is 13.2 Å². The minimum atomic E-state index is -1.14. The van der Waals surface area contributed by atoms with Crippen LogP contribution in [-0.2, 0) is 19.1 Å². The minimum Gasteiger partial charge on any atom is -0.480 e. The van der Waals surface area contributed by atoms with Crippen LogP contribution in [0.25, 0.3) is 0 Å². The number of rotatable bonds is 7. The minimum absolute atomic E-state index is 0.0533. The Labute approximate surface area is 93.4 Å². The molecule has 0 bridgehead atoms. The highest BCUT2D eigenvalue weighted by atomic mass is 16.5. The number of carbonyl (C=O) groups excluding carboxylic acids is 2. The highest BCUT2D eigenvalue weighted by Crippen LogP contribution is 1.91. The fourth-order valence-corrected chi connectivity index (χ4v) is 0.946. The van der Waals surface area contributed by atoms with Crippen molar-refractivity contribution in [2.75, 3.05) is 33.4 Å². The number of amides is 2. The van der Waals surface area contributed by atoms with Crippen molar-refractivity contribution in [3.05, 3.63) is 0 Å². The van der Waals surface area contributed by atoms with Crippen molar-refractivity contribution >= 4 is 17.8 Å². The van der Waals surface area contributed by atoms with Gasteiger partial charge in [-0.3, -0.25) is 9.59 Å². The van der Waals surface area contributed by atoms with E-state index in [1.54, 1.807) is 6.92 Å². The lowest BCUT2D eigenvalue weighted by Crippen LogP contribution is -2.41. The number of ether oxygens (including phenoxy) is 1. The molecule has 0 aromatic carbocycles. The number of hydrogen-bond acceptors (Lipinski definition) is 4. The maximum absolute atomic E-state index is 11.4. The van der Waals surface area contributed by atoms with E-state index < -0.39 is 18.5 Å². The summed E-state index contributed by atoms with van der Waals surface area (Å²) in [6.07, 6.45) is 0. The summed E-state index contributed by atoms with van der Waals surface area (Å²) < 4.78 is 4.63. The Hall–Kier alpha value is -1.63. The molecule has 0 radical (unpaired) electrons. The quantitative estimate of drug-likeness (QED) is 0.567. The molecule has 2 amide bonds. The molecule has 0 atom stereocenters. The van der Waals surface area contributed by atoms with Crippen molar-refractivity contribution < 1.29 is 24.2 Å². The van der Waals surface area contributed by atoms with Gasteiger partial charge in [0, 0.05) is 13.6 Å². The molecule has 0 heterocycles. The van der Waals surface area contributed by atoms with E-state index in [1.807, 2.05) is 0 Å². The van der Waals surface area contributed by atoms with Crippen molar-refractivity contribution in [3.8, 4) is 0 Å². The monoisotopic (exact) mass is 232 g/mol. The van der Waals surface area contributed by atoms with Crippen LogP contribution in [0.1, 0.15) is 6.92 Å². The third-order valence-electron chi connectivity index (χ3n) is 1.80. The molecule has 0 fully saturated rings. The van der Waals surface area contributed by atoms with Crippen molar-refractivity contribution in [3.63, 3.8) is 0 Å². The maximum atomic E-state index is 11.4. The van der Waals surface area contributed by atoms with Crippen LogP contribution in [0.5, 0.6) is 0 Å². The van der Waals surface area contributed by atoms with Gasteiger partial charge in [0.05, 0.1) is 6.54 Å². The van der Waals surface area contributed by atoms with Gasteiger partial charge in [-0.15, -0.1) is 0 Å². The molecular weight excluding hydrogens is 216 g/mol. The summed E-state index contributed by atoms with van der Waals surface area (Å²) in [5.41, 5.74) is 0. The summed E-state index contributed by atoms with van der Waals surface area (Å²) in [6.45, 7) is 1.17. The van der Waals surface area contributed by atoms with Crippen LogP contribution in [-0.4, -0.2) is 61.1 Å². The second-order valence-electron chi connectivity index (χ2n) is 2.97. The molecule has 16 heavy (non-hydrogen) atoms. The van der Waals surface area contributed by atoms with E-state index in [2.05, 4.69) is 10.1 Å². The number of nitrogens with zero attached hydrogens (tertiary/aromatic N) is 1. The number of carbonyl (C=O) groups is 3. The van der Waals surface area contributed by atoms with Crippen molar-refractivity contribution in [1.82, 2.24) is 10.2 Å². The molecular formula is C9H16N2O5. The molecule has 0 rings (SSSR count). The summed E-state index contributed by atoms with van der Waals surface area (Å²) in [7, 11) is 1.47. The van der Waals surface area contributed by atoms with Crippen LogP contribution < -0.4 is 5.32 Å². The summed E-state index contributed by atoms with van der Waals surface area (Å²) in [5, 5.41) is 10.7. The van der Waals surface area contributed by atoms with Gasteiger partial charge >= 0.3 is 5.97 Å².